The molecule has 0 bridgehead atoms. The zero-order valence-electron chi connectivity index (χ0n) is 18.1. The summed E-state index contributed by atoms with van der Waals surface area (Å²) in [5, 5.41) is 5.77. The zero-order chi connectivity index (χ0) is 21.6. The van der Waals surface area contributed by atoms with Gasteiger partial charge in [-0.2, -0.15) is 0 Å². The van der Waals surface area contributed by atoms with Gasteiger partial charge in [0.05, 0.1) is 5.69 Å². The summed E-state index contributed by atoms with van der Waals surface area (Å²) in [6.45, 7) is 1.52. The molecule has 2 aromatic rings. The van der Waals surface area contributed by atoms with Crippen molar-refractivity contribution in [2.75, 3.05) is 35.3 Å². The topological polar surface area (TPSA) is 73.4 Å². The van der Waals surface area contributed by atoms with E-state index in [0.29, 0.717) is 29.9 Å². The van der Waals surface area contributed by atoms with Crippen LogP contribution in [0, 0.1) is 5.82 Å². The number of nitrogens with one attached hydrogen (secondary N) is 2. The summed E-state index contributed by atoms with van der Waals surface area (Å²) in [7, 11) is 1.96. The number of amides is 2. The molecule has 1 aromatic carbocycles. The van der Waals surface area contributed by atoms with Crippen molar-refractivity contribution < 1.29 is 9.18 Å². The number of hydrogen-bond donors (Lipinski definition) is 2. The van der Waals surface area contributed by atoms with Crippen LogP contribution in [-0.4, -0.2) is 48.2 Å². The maximum Gasteiger partial charge on any atom is 0.319 e. The van der Waals surface area contributed by atoms with Crippen LogP contribution in [0.1, 0.15) is 44.9 Å². The predicted molar refractivity (Wildman–Crippen MR) is 121 cm³/mol. The van der Waals surface area contributed by atoms with Crippen LogP contribution in [0.2, 0.25) is 0 Å². The molecular formula is C23H31FN6O. The van der Waals surface area contributed by atoms with Crippen LogP contribution in [0.4, 0.5) is 26.5 Å². The SMILES string of the molecule is CN(c1ccc(NC(=O)NC2CCCN(c3ncccn3)C2)cc1F)C1CCCCC1. The first kappa shape index (κ1) is 21.3. The molecule has 1 aromatic heterocycles. The van der Waals surface area contributed by atoms with Gasteiger partial charge in [0, 0.05) is 50.3 Å². The Kier molecular flexibility index (Phi) is 6.84. The summed E-state index contributed by atoms with van der Waals surface area (Å²) in [6.07, 6.45) is 11.1. The number of nitrogens with zero attached hydrogens (tertiary/aromatic N) is 4. The van der Waals surface area contributed by atoms with Crippen molar-refractivity contribution in [3.05, 3.63) is 42.5 Å². The molecule has 1 aliphatic heterocycles. The number of halogens is 1. The van der Waals surface area contributed by atoms with Gasteiger partial charge in [-0.1, -0.05) is 19.3 Å². The van der Waals surface area contributed by atoms with Crippen molar-refractivity contribution in [3.8, 4) is 0 Å². The monoisotopic (exact) mass is 426 g/mol. The highest BCUT2D eigenvalue weighted by molar-refractivity contribution is 5.89. The van der Waals surface area contributed by atoms with Gasteiger partial charge in [0.2, 0.25) is 5.95 Å². The fourth-order valence-corrected chi connectivity index (χ4v) is 4.62. The minimum Gasteiger partial charge on any atom is -0.369 e. The molecule has 1 aliphatic carbocycles. The minimum atomic E-state index is -0.325. The molecule has 166 valence electrons. The predicted octanol–water partition coefficient (Wildman–Crippen LogP) is 4.18. The fourth-order valence-electron chi connectivity index (χ4n) is 4.62. The van der Waals surface area contributed by atoms with Crippen molar-refractivity contribution in [2.45, 2.75) is 57.0 Å². The molecule has 1 saturated carbocycles. The van der Waals surface area contributed by atoms with E-state index in [0.717, 1.165) is 32.2 Å². The van der Waals surface area contributed by atoms with Gasteiger partial charge in [0.25, 0.3) is 0 Å². The number of piperidine rings is 1. The van der Waals surface area contributed by atoms with Gasteiger partial charge in [-0.05, 0) is 49.9 Å². The maximum atomic E-state index is 14.8. The summed E-state index contributed by atoms with van der Waals surface area (Å²) < 4.78 is 14.8. The first-order chi connectivity index (χ1) is 15.1. The summed E-state index contributed by atoms with van der Waals surface area (Å²) in [6, 6.07) is 6.75. The lowest BCUT2D eigenvalue weighted by atomic mass is 9.94. The van der Waals surface area contributed by atoms with E-state index in [1.165, 1.54) is 25.3 Å². The highest BCUT2D eigenvalue weighted by atomic mass is 19.1. The molecule has 1 saturated heterocycles. The number of anilines is 3. The van der Waals surface area contributed by atoms with Crippen LogP contribution in [0.3, 0.4) is 0 Å². The Morgan fingerprint density at radius 3 is 2.65 bits per heavy atom. The van der Waals surface area contributed by atoms with Crippen molar-refractivity contribution in [2.24, 2.45) is 0 Å². The lowest BCUT2D eigenvalue weighted by molar-refractivity contribution is 0.246. The van der Waals surface area contributed by atoms with Crippen LogP contribution in [-0.2, 0) is 0 Å². The van der Waals surface area contributed by atoms with Gasteiger partial charge in [-0.25, -0.2) is 19.2 Å². The lowest BCUT2D eigenvalue weighted by Crippen LogP contribution is -2.49. The van der Waals surface area contributed by atoms with Gasteiger partial charge >= 0.3 is 6.03 Å². The second-order valence-electron chi connectivity index (χ2n) is 8.50. The van der Waals surface area contributed by atoms with Crippen molar-refractivity contribution in [3.63, 3.8) is 0 Å². The molecule has 1 unspecified atom stereocenters. The standard InChI is InChI=1S/C23H31FN6O/c1-29(19-8-3-2-4-9-19)21-11-10-17(15-20(21)24)27-23(31)28-18-7-5-14-30(16-18)22-25-12-6-13-26-22/h6,10-13,15,18-19H,2-5,7-9,14,16H2,1H3,(H2,27,28,31). The molecule has 2 N–H and O–H groups in total. The molecule has 7 nitrogen and oxygen atoms in total. The van der Waals surface area contributed by atoms with Gasteiger partial charge in [0.1, 0.15) is 5.82 Å². The third-order valence-electron chi connectivity index (χ3n) is 6.30. The molecule has 8 heteroatoms. The molecule has 1 atom stereocenters. The minimum absolute atomic E-state index is 0.0147. The highest BCUT2D eigenvalue weighted by Crippen LogP contribution is 2.29. The quantitative estimate of drug-likeness (QED) is 0.751. The zero-order valence-corrected chi connectivity index (χ0v) is 18.1. The van der Waals surface area contributed by atoms with Crippen LogP contribution in [0.5, 0.6) is 0 Å². The Bertz CT molecular complexity index is 874. The van der Waals surface area contributed by atoms with Crippen molar-refractivity contribution in [1.82, 2.24) is 15.3 Å². The molecule has 2 aliphatic rings. The van der Waals surface area contributed by atoms with Gasteiger partial charge in [-0.3, -0.25) is 0 Å². The van der Waals surface area contributed by atoms with E-state index in [1.54, 1.807) is 30.6 Å². The number of aromatic nitrogens is 2. The molecule has 2 heterocycles. The Hall–Kier alpha value is -2.90. The molecule has 0 radical (unpaired) electrons. The number of benzene rings is 1. The van der Waals surface area contributed by atoms with E-state index in [-0.39, 0.29) is 17.9 Å². The van der Waals surface area contributed by atoms with Crippen LogP contribution in [0.15, 0.2) is 36.7 Å². The number of carbonyl (C=O) groups excluding carboxylic acids is 1. The number of carbonyl (C=O) groups is 1. The number of rotatable bonds is 5. The van der Waals surface area contributed by atoms with E-state index < -0.39 is 0 Å². The average Bonchev–Trinajstić information content (AvgIpc) is 2.80. The average molecular weight is 427 g/mol. The Balaban J connectivity index is 1.32. The van der Waals surface area contributed by atoms with E-state index in [2.05, 4.69) is 25.5 Å². The molecule has 4 rings (SSSR count). The first-order valence-electron chi connectivity index (χ1n) is 11.2. The van der Waals surface area contributed by atoms with Crippen LogP contribution >= 0.6 is 0 Å². The molecule has 2 fully saturated rings. The number of urea groups is 1. The smallest absolute Gasteiger partial charge is 0.319 e. The Morgan fingerprint density at radius 2 is 1.90 bits per heavy atom. The maximum absolute atomic E-state index is 14.8. The van der Waals surface area contributed by atoms with Crippen LogP contribution < -0.4 is 20.4 Å². The molecule has 31 heavy (non-hydrogen) atoms. The Morgan fingerprint density at radius 1 is 1.13 bits per heavy atom. The second-order valence-corrected chi connectivity index (χ2v) is 8.50. The number of hydrogen-bond acceptors (Lipinski definition) is 5. The normalized spacial score (nSPS) is 19.7. The largest absolute Gasteiger partial charge is 0.369 e. The summed E-state index contributed by atoms with van der Waals surface area (Å²) in [5.41, 5.74) is 1.04. The third-order valence-corrected chi connectivity index (χ3v) is 6.30. The van der Waals surface area contributed by atoms with Crippen molar-refractivity contribution in [1.29, 1.82) is 0 Å². The fraction of sp³-hybridized carbons (Fsp3) is 0.522. The summed E-state index contributed by atoms with van der Waals surface area (Å²) in [4.78, 5) is 25.2. The highest BCUT2D eigenvalue weighted by Gasteiger charge is 2.24. The summed E-state index contributed by atoms with van der Waals surface area (Å²) in [5.74, 6) is 0.366. The molecule has 0 spiro atoms. The van der Waals surface area contributed by atoms with Gasteiger partial charge < -0.3 is 20.4 Å². The van der Waals surface area contributed by atoms with Gasteiger partial charge in [0.15, 0.2) is 0 Å². The van der Waals surface area contributed by atoms with E-state index >= 15 is 0 Å². The van der Waals surface area contributed by atoms with Crippen LogP contribution in [0.25, 0.3) is 0 Å². The van der Waals surface area contributed by atoms with E-state index in [4.69, 9.17) is 0 Å². The molecule has 2 amide bonds. The second kappa shape index (κ2) is 9.94. The lowest BCUT2D eigenvalue weighted by Gasteiger charge is -2.33. The molecular weight excluding hydrogens is 395 g/mol. The first-order valence-corrected chi connectivity index (χ1v) is 11.2. The van der Waals surface area contributed by atoms with Crippen molar-refractivity contribution >= 4 is 23.4 Å². The van der Waals surface area contributed by atoms with E-state index in [9.17, 15) is 9.18 Å². The Labute approximate surface area is 183 Å². The van der Waals surface area contributed by atoms with E-state index in [1.807, 2.05) is 11.9 Å². The van der Waals surface area contributed by atoms with Gasteiger partial charge in [-0.15, -0.1) is 0 Å². The third kappa shape index (κ3) is 5.42. The summed E-state index contributed by atoms with van der Waals surface area (Å²) >= 11 is 0.